The molecule has 2 N–H and O–H groups in total. The van der Waals surface area contributed by atoms with Crippen LogP contribution in [-0.2, 0) is 9.59 Å². The maximum Gasteiger partial charge on any atom is 0.227 e. The van der Waals surface area contributed by atoms with E-state index in [9.17, 15) is 14.4 Å². The molecule has 1 unspecified atom stereocenters. The zero-order chi connectivity index (χ0) is 16.4. The molecule has 1 heterocycles. The summed E-state index contributed by atoms with van der Waals surface area (Å²) in [5.41, 5.74) is 7.11. The van der Waals surface area contributed by atoms with Crippen molar-refractivity contribution in [3.63, 3.8) is 0 Å². The van der Waals surface area contributed by atoms with Crippen molar-refractivity contribution < 1.29 is 14.4 Å². The molecule has 1 atom stereocenters. The molecule has 0 spiro atoms. The molecule has 0 bridgehead atoms. The number of carbonyl (C=O) groups is 3. The Morgan fingerprint density at radius 3 is 2.13 bits per heavy atom. The highest BCUT2D eigenvalue weighted by atomic mass is 16.2. The second kappa shape index (κ2) is 6.04. The summed E-state index contributed by atoms with van der Waals surface area (Å²) < 4.78 is 0. The molecule has 116 valence electrons. The van der Waals surface area contributed by atoms with Gasteiger partial charge in [-0.05, 0) is 24.3 Å². The van der Waals surface area contributed by atoms with Gasteiger partial charge in [0.2, 0.25) is 11.8 Å². The normalized spacial score (nSPS) is 17.3. The Labute approximate surface area is 133 Å². The summed E-state index contributed by atoms with van der Waals surface area (Å²) in [6, 6.07) is 15.8. The molecule has 2 amide bonds. The molecule has 0 aromatic heterocycles. The second-order valence-corrected chi connectivity index (χ2v) is 5.55. The number of nitrogens with two attached hydrogens (primary N) is 1. The van der Waals surface area contributed by atoms with E-state index in [0.29, 0.717) is 23.4 Å². The molecule has 0 aliphatic carbocycles. The molecule has 2 aromatic rings. The number of ketones is 1. The zero-order valence-electron chi connectivity index (χ0n) is 12.4. The van der Waals surface area contributed by atoms with Gasteiger partial charge in [0.25, 0.3) is 0 Å². The smallest absolute Gasteiger partial charge is 0.227 e. The van der Waals surface area contributed by atoms with E-state index in [1.165, 1.54) is 4.90 Å². The van der Waals surface area contributed by atoms with E-state index in [0.717, 1.165) is 0 Å². The number of nitrogens with zero attached hydrogens (tertiary/aromatic N) is 1. The molecule has 0 radical (unpaired) electrons. The average Bonchev–Trinajstić information content (AvgIpc) is 2.97. The van der Waals surface area contributed by atoms with Gasteiger partial charge in [-0.15, -0.1) is 0 Å². The molecule has 5 heteroatoms. The van der Waals surface area contributed by atoms with Crippen LogP contribution in [0, 0.1) is 5.92 Å². The third-order valence-corrected chi connectivity index (χ3v) is 4.00. The van der Waals surface area contributed by atoms with Crippen molar-refractivity contribution in [1.82, 2.24) is 0 Å². The minimum absolute atomic E-state index is 0.0695. The molecule has 5 nitrogen and oxygen atoms in total. The molecular weight excluding hydrogens is 292 g/mol. The monoisotopic (exact) mass is 308 g/mol. The van der Waals surface area contributed by atoms with E-state index in [1.54, 1.807) is 36.4 Å². The highest BCUT2D eigenvalue weighted by Crippen LogP contribution is 2.25. The van der Waals surface area contributed by atoms with E-state index in [-0.39, 0.29) is 18.1 Å². The van der Waals surface area contributed by atoms with Gasteiger partial charge in [-0.25, -0.2) is 0 Å². The number of carbonyl (C=O) groups excluding carboxylic acids is 3. The van der Waals surface area contributed by atoms with Gasteiger partial charge in [-0.2, -0.15) is 0 Å². The Morgan fingerprint density at radius 1 is 0.957 bits per heavy atom. The van der Waals surface area contributed by atoms with E-state index in [4.69, 9.17) is 5.73 Å². The van der Waals surface area contributed by atoms with Gasteiger partial charge in [-0.1, -0.05) is 30.3 Å². The molecule has 1 saturated heterocycles. The van der Waals surface area contributed by atoms with Crippen LogP contribution < -0.4 is 10.6 Å². The van der Waals surface area contributed by atoms with Crippen LogP contribution in [-0.4, -0.2) is 24.1 Å². The van der Waals surface area contributed by atoms with Crippen LogP contribution in [0.25, 0.3) is 0 Å². The Hall–Kier alpha value is -2.95. The van der Waals surface area contributed by atoms with E-state index < -0.39 is 11.8 Å². The van der Waals surface area contributed by atoms with Crippen LogP contribution in [0.5, 0.6) is 0 Å². The Kier molecular flexibility index (Phi) is 3.93. The van der Waals surface area contributed by atoms with E-state index in [1.807, 2.05) is 18.2 Å². The number of hydrogen-bond acceptors (Lipinski definition) is 3. The Balaban J connectivity index is 1.79. The van der Waals surface area contributed by atoms with Crippen molar-refractivity contribution in [3.05, 3.63) is 65.7 Å². The van der Waals surface area contributed by atoms with Gasteiger partial charge in [0.1, 0.15) is 0 Å². The van der Waals surface area contributed by atoms with Gasteiger partial charge >= 0.3 is 0 Å². The molecular formula is C18H16N2O3. The summed E-state index contributed by atoms with van der Waals surface area (Å²) in [6.07, 6.45) is 0.139. The van der Waals surface area contributed by atoms with Crippen LogP contribution >= 0.6 is 0 Å². The molecule has 2 aromatic carbocycles. The van der Waals surface area contributed by atoms with Gasteiger partial charge in [0.15, 0.2) is 5.78 Å². The highest BCUT2D eigenvalue weighted by Gasteiger charge is 2.33. The molecule has 23 heavy (non-hydrogen) atoms. The minimum Gasteiger partial charge on any atom is -0.369 e. The lowest BCUT2D eigenvalue weighted by Crippen LogP contribution is -2.28. The van der Waals surface area contributed by atoms with Crippen LogP contribution in [0.3, 0.4) is 0 Å². The number of primary amides is 1. The lowest BCUT2D eigenvalue weighted by atomic mass is 10.0. The van der Waals surface area contributed by atoms with Gasteiger partial charge in [0, 0.05) is 29.8 Å². The molecule has 1 aliphatic rings. The average molecular weight is 308 g/mol. The minimum atomic E-state index is -0.461. The Morgan fingerprint density at radius 2 is 1.57 bits per heavy atom. The number of anilines is 1. The number of amides is 2. The third kappa shape index (κ3) is 2.99. The van der Waals surface area contributed by atoms with Crippen molar-refractivity contribution in [2.75, 3.05) is 11.4 Å². The summed E-state index contributed by atoms with van der Waals surface area (Å²) >= 11 is 0. The second-order valence-electron chi connectivity index (χ2n) is 5.55. The molecule has 1 fully saturated rings. The van der Waals surface area contributed by atoms with Crippen LogP contribution in [0.2, 0.25) is 0 Å². The van der Waals surface area contributed by atoms with Crippen molar-refractivity contribution in [1.29, 1.82) is 0 Å². The fourth-order valence-electron chi connectivity index (χ4n) is 2.70. The molecule has 1 aliphatic heterocycles. The van der Waals surface area contributed by atoms with Crippen LogP contribution in [0.4, 0.5) is 5.69 Å². The predicted molar refractivity (Wildman–Crippen MR) is 86.0 cm³/mol. The van der Waals surface area contributed by atoms with E-state index >= 15 is 0 Å². The number of rotatable bonds is 4. The highest BCUT2D eigenvalue weighted by molar-refractivity contribution is 6.09. The first-order valence-electron chi connectivity index (χ1n) is 7.36. The molecule has 3 rings (SSSR count). The summed E-state index contributed by atoms with van der Waals surface area (Å²) in [7, 11) is 0. The third-order valence-electron chi connectivity index (χ3n) is 4.00. The predicted octanol–water partition coefficient (Wildman–Crippen LogP) is 1.76. The van der Waals surface area contributed by atoms with Crippen LogP contribution in [0.1, 0.15) is 22.3 Å². The lowest BCUT2D eigenvalue weighted by molar-refractivity contribution is -0.123. The maximum absolute atomic E-state index is 12.3. The summed E-state index contributed by atoms with van der Waals surface area (Å²) in [5, 5.41) is 0. The first kappa shape index (κ1) is 15.0. The first-order chi connectivity index (χ1) is 11.1. The number of hydrogen-bond donors (Lipinski definition) is 1. The van der Waals surface area contributed by atoms with Crippen molar-refractivity contribution in [2.24, 2.45) is 11.7 Å². The first-order valence-corrected chi connectivity index (χ1v) is 7.36. The maximum atomic E-state index is 12.3. The molecule has 0 saturated carbocycles. The van der Waals surface area contributed by atoms with Crippen molar-refractivity contribution in [2.45, 2.75) is 6.42 Å². The van der Waals surface area contributed by atoms with E-state index in [2.05, 4.69) is 0 Å². The van der Waals surface area contributed by atoms with Crippen molar-refractivity contribution in [3.8, 4) is 0 Å². The SMILES string of the molecule is NC(=O)C1CC(=O)N(c2ccc(C(=O)c3ccccc3)cc2)C1. The summed E-state index contributed by atoms with van der Waals surface area (Å²) in [5.74, 6) is -1.11. The summed E-state index contributed by atoms with van der Waals surface area (Å²) in [6.45, 7) is 0.292. The van der Waals surface area contributed by atoms with Gasteiger partial charge in [0.05, 0.1) is 5.92 Å². The zero-order valence-corrected chi connectivity index (χ0v) is 12.4. The quantitative estimate of drug-likeness (QED) is 0.874. The largest absolute Gasteiger partial charge is 0.369 e. The van der Waals surface area contributed by atoms with Gasteiger partial charge in [-0.3, -0.25) is 14.4 Å². The lowest BCUT2D eigenvalue weighted by Gasteiger charge is -2.16. The topological polar surface area (TPSA) is 80.5 Å². The van der Waals surface area contributed by atoms with Crippen molar-refractivity contribution >= 4 is 23.3 Å². The fraction of sp³-hybridized carbons (Fsp3) is 0.167. The van der Waals surface area contributed by atoms with Crippen LogP contribution in [0.15, 0.2) is 54.6 Å². The Bertz CT molecular complexity index is 754. The standard InChI is InChI=1S/C18H16N2O3/c19-18(23)14-10-16(21)20(11-14)15-8-6-13(7-9-15)17(22)12-4-2-1-3-5-12/h1-9,14H,10-11H2,(H2,19,23). The number of benzene rings is 2. The fourth-order valence-corrected chi connectivity index (χ4v) is 2.70. The van der Waals surface area contributed by atoms with Gasteiger partial charge < -0.3 is 10.6 Å². The summed E-state index contributed by atoms with van der Waals surface area (Å²) in [4.78, 5) is 37.1.